The summed E-state index contributed by atoms with van der Waals surface area (Å²) in [7, 11) is 0. The number of oxazole rings is 1. The van der Waals surface area contributed by atoms with Gasteiger partial charge in [0.2, 0.25) is 5.89 Å². The summed E-state index contributed by atoms with van der Waals surface area (Å²) < 4.78 is 19.1. The molecular weight excluding hydrogens is 455 g/mol. The molecule has 0 aliphatic heterocycles. The maximum Gasteiger partial charge on any atom is 0.273 e. The fourth-order valence-electron chi connectivity index (χ4n) is 3.84. The third-order valence-electron chi connectivity index (χ3n) is 5.86. The molecule has 7 heteroatoms. The maximum atomic E-state index is 13.4. The van der Waals surface area contributed by atoms with Crippen LogP contribution in [0.4, 0.5) is 4.39 Å². The largest absolute Gasteiger partial charge is 0.447 e. The first-order valence-electron chi connectivity index (χ1n) is 11.9. The first-order chi connectivity index (χ1) is 17.3. The Balaban J connectivity index is 1.45. The molecule has 0 spiro atoms. The van der Waals surface area contributed by atoms with Crippen molar-refractivity contribution >= 4 is 5.91 Å². The lowest BCUT2D eigenvalue weighted by molar-refractivity contribution is 0.0945. The van der Waals surface area contributed by atoms with E-state index in [0.717, 1.165) is 16.7 Å². The van der Waals surface area contributed by atoms with Crippen LogP contribution < -0.4 is 5.32 Å². The Kier molecular flexibility index (Phi) is 7.90. The lowest BCUT2D eigenvalue weighted by atomic mass is 9.87. The zero-order valence-corrected chi connectivity index (χ0v) is 20.9. The molecule has 0 atom stereocenters. The molecular formula is C29H31FN4O2. The van der Waals surface area contributed by atoms with Gasteiger partial charge in [-0.05, 0) is 45.9 Å². The van der Waals surface area contributed by atoms with E-state index < -0.39 is 0 Å². The molecule has 36 heavy (non-hydrogen) atoms. The van der Waals surface area contributed by atoms with Gasteiger partial charge < -0.3 is 9.73 Å². The van der Waals surface area contributed by atoms with Crippen molar-refractivity contribution in [2.75, 3.05) is 0 Å². The van der Waals surface area contributed by atoms with Crippen LogP contribution in [-0.4, -0.2) is 20.8 Å². The van der Waals surface area contributed by atoms with Gasteiger partial charge >= 0.3 is 0 Å². The Morgan fingerprint density at radius 3 is 2.22 bits per heavy atom. The monoisotopic (exact) mass is 486 g/mol. The van der Waals surface area contributed by atoms with Gasteiger partial charge in [-0.2, -0.15) is 0 Å². The molecule has 0 fully saturated rings. The molecule has 0 aliphatic rings. The zero-order valence-electron chi connectivity index (χ0n) is 20.9. The van der Waals surface area contributed by atoms with E-state index in [1.54, 1.807) is 24.5 Å². The first-order valence-corrected chi connectivity index (χ1v) is 11.9. The van der Waals surface area contributed by atoms with E-state index in [-0.39, 0.29) is 22.8 Å². The Bertz CT molecular complexity index is 1260. The minimum Gasteiger partial charge on any atom is -0.447 e. The quantitative estimate of drug-likeness (QED) is 0.332. The van der Waals surface area contributed by atoms with Gasteiger partial charge in [-0.25, -0.2) is 9.37 Å². The standard InChI is InChI=1S/C29H31FN4O2/c1-29(2,3)24-10-6-21(7-11-24)17-34(18-22-8-12-25(30)13-9-22)19-27-33-26(20-36-27)28(35)32-16-23-5-4-14-31-15-23/h4-15,20H,16-19H2,1-3H3,(H,32,35). The predicted octanol–water partition coefficient (Wildman–Crippen LogP) is 5.64. The van der Waals surface area contributed by atoms with E-state index >= 15 is 0 Å². The second kappa shape index (κ2) is 11.3. The van der Waals surface area contributed by atoms with Crippen LogP contribution in [0.2, 0.25) is 0 Å². The van der Waals surface area contributed by atoms with Crippen molar-refractivity contribution in [2.24, 2.45) is 0 Å². The van der Waals surface area contributed by atoms with Crippen molar-refractivity contribution in [3.05, 3.63) is 119 Å². The van der Waals surface area contributed by atoms with Gasteiger partial charge in [0.05, 0.1) is 6.54 Å². The third-order valence-corrected chi connectivity index (χ3v) is 5.86. The number of nitrogens with one attached hydrogen (secondary N) is 1. The average Bonchev–Trinajstić information content (AvgIpc) is 3.33. The van der Waals surface area contributed by atoms with Crippen LogP contribution in [0.5, 0.6) is 0 Å². The second-order valence-electron chi connectivity index (χ2n) is 9.89. The SMILES string of the molecule is CC(C)(C)c1ccc(CN(Cc2ccc(F)cc2)Cc2nc(C(=O)NCc3cccnc3)co2)cc1. The van der Waals surface area contributed by atoms with Crippen molar-refractivity contribution in [1.29, 1.82) is 0 Å². The molecule has 186 valence electrons. The highest BCUT2D eigenvalue weighted by molar-refractivity contribution is 5.91. The van der Waals surface area contributed by atoms with Crippen LogP contribution in [0.25, 0.3) is 0 Å². The smallest absolute Gasteiger partial charge is 0.273 e. The molecule has 1 N–H and O–H groups in total. The number of rotatable bonds is 9. The summed E-state index contributed by atoms with van der Waals surface area (Å²) in [6, 6.07) is 18.8. The number of pyridine rings is 1. The summed E-state index contributed by atoms with van der Waals surface area (Å²) in [4.78, 5) is 23.2. The predicted molar refractivity (Wildman–Crippen MR) is 136 cm³/mol. The van der Waals surface area contributed by atoms with E-state index in [0.29, 0.717) is 32.1 Å². The molecule has 0 radical (unpaired) electrons. The van der Waals surface area contributed by atoms with Gasteiger partial charge in [0, 0.05) is 32.0 Å². The highest BCUT2D eigenvalue weighted by Crippen LogP contribution is 2.23. The number of halogens is 1. The highest BCUT2D eigenvalue weighted by atomic mass is 19.1. The van der Waals surface area contributed by atoms with E-state index in [9.17, 15) is 9.18 Å². The number of aromatic nitrogens is 2. The summed E-state index contributed by atoms with van der Waals surface area (Å²) in [5.74, 6) is -0.135. The van der Waals surface area contributed by atoms with Crippen molar-refractivity contribution in [2.45, 2.75) is 52.4 Å². The van der Waals surface area contributed by atoms with Crippen LogP contribution in [0, 0.1) is 5.82 Å². The number of hydrogen-bond acceptors (Lipinski definition) is 5. The molecule has 2 heterocycles. The van der Waals surface area contributed by atoms with Gasteiger partial charge in [-0.1, -0.05) is 63.2 Å². The van der Waals surface area contributed by atoms with Gasteiger partial charge in [-0.3, -0.25) is 14.7 Å². The molecule has 0 unspecified atom stereocenters. The summed E-state index contributed by atoms with van der Waals surface area (Å²) in [6.07, 6.45) is 4.77. The molecule has 4 aromatic rings. The van der Waals surface area contributed by atoms with E-state index in [1.165, 1.54) is 24.0 Å². The molecule has 6 nitrogen and oxygen atoms in total. The molecule has 1 amide bonds. The van der Waals surface area contributed by atoms with Crippen LogP contribution in [-0.2, 0) is 31.6 Å². The second-order valence-corrected chi connectivity index (χ2v) is 9.89. The number of carbonyl (C=O) groups excluding carboxylic acids is 1. The number of amides is 1. The number of nitrogens with zero attached hydrogens (tertiary/aromatic N) is 3. The summed E-state index contributed by atoms with van der Waals surface area (Å²) in [5.41, 5.74) is 4.60. The number of carbonyl (C=O) groups is 1. The Morgan fingerprint density at radius 1 is 0.944 bits per heavy atom. The zero-order chi connectivity index (χ0) is 25.5. The van der Waals surface area contributed by atoms with E-state index in [1.807, 2.05) is 12.1 Å². The first kappa shape index (κ1) is 25.3. The molecule has 4 rings (SSSR count). The molecule has 2 aromatic carbocycles. The fourth-order valence-corrected chi connectivity index (χ4v) is 3.84. The Labute approximate surface area is 211 Å². The maximum absolute atomic E-state index is 13.4. The van der Waals surface area contributed by atoms with Gasteiger partial charge in [0.25, 0.3) is 5.91 Å². The topological polar surface area (TPSA) is 71.3 Å². The van der Waals surface area contributed by atoms with Crippen LogP contribution in [0.1, 0.15) is 59.4 Å². The van der Waals surface area contributed by atoms with E-state index in [2.05, 4.69) is 65.2 Å². The van der Waals surface area contributed by atoms with E-state index in [4.69, 9.17) is 4.42 Å². The molecule has 0 saturated carbocycles. The molecule has 0 aliphatic carbocycles. The van der Waals surface area contributed by atoms with Crippen molar-refractivity contribution < 1.29 is 13.6 Å². The average molecular weight is 487 g/mol. The third kappa shape index (κ3) is 7.09. The number of hydrogen-bond donors (Lipinski definition) is 1. The van der Waals surface area contributed by atoms with Crippen molar-refractivity contribution in [3.63, 3.8) is 0 Å². The van der Waals surface area contributed by atoms with Crippen LogP contribution in [0.15, 0.2) is 83.7 Å². The summed E-state index contributed by atoms with van der Waals surface area (Å²) in [6.45, 7) is 8.55. The summed E-state index contributed by atoms with van der Waals surface area (Å²) >= 11 is 0. The molecule has 2 aromatic heterocycles. The minimum absolute atomic E-state index is 0.0818. The summed E-state index contributed by atoms with van der Waals surface area (Å²) in [5, 5.41) is 2.83. The van der Waals surface area contributed by atoms with Crippen molar-refractivity contribution in [3.8, 4) is 0 Å². The van der Waals surface area contributed by atoms with Gasteiger partial charge in [-0.15, -0.1) is 0 Å². The van der Waals surface area contributed by atoms with Gasteiger partial charge in [0.15, 0.2) is 5.69 Å². The Morgan fingerprint density at radius 2 is 1.61 bits per heavy atom. The normalized spacial score (nSPS) is 11.6. The lowest BCUT2D eigenvalue weighted by Gasteiger charge is -2.23. The van der Waals surface area contributed by atoms with Crippen LogP contribution in [0.3, 0.4) is 0 Å². The molecule has 0 bridgehead atoms. The lowest BCUT2D eigenvalue weighted by Crippen LogP contribution is -2.24. The molecule has 0 saturated heterocycles. The minimum atomic E-state index is -0.309. The van der Waals surface area contributed by atoms with Crippen LogP contribution >= 0.6 is 0 Å². The fraction of sp³-hybridized carbons (Fsp3) is 0.276. The highest BCUT2D eigenvalue weighted by Gasteiger charge is 2.17. The Hall–Kier alpha value is -3.84. The number of benzene rings is 2. The van der Waals surface area contributed by atoms with Crippen molar-refractivity contribution in [1.82, 2.24) is 20.2 Å². The van der Waals surface area contributed by atoms with Gasteiger partial charge in [0.1, 0.15) is 12.1 Å².